The molecular formula is C15H15NO. The number of hydrogen-bond acceptors (Lipinski definition) is 2. The van der Waals surface area contributed by atoms with Gasteiger partial charge in [-0.2, -0.15) is 0 Å². The molecule has 0 aliphatic rings. The van der Waals surface area contributed by atoms with Gasteiger partial charge < -0.3 is 10.2 Å². The first-order valence-electron chi connectivity index (χ1n) is 5.99. The van der Waals surface area contributed by atoms with Gasteiger partial charge in [-0.25, -0.2) is 0 Å². The van der Waals surface area contributed by atoms with E-state index in [-0.39, 0.29) is 0 Å². The SMILES string of the molecule is NCCCc1cccc2c1oc1ccccc12. The second-order valence-corrected chi connectivity index (χ2v) is 4.28. The van der Waals surface area contributed by atoms with Gasteiger partial charge in [-0.3, -0.25) is 0 Å². The lowest BCUT2D eigenvalue weighted by atomic mass is 10.1. The monoisotopic (exact) mass is 225 g/mol. The van der Waals surface area contributed by atoms with Crippen molar-refractivity contribution in [1.29, 1.82) is 0 Å². The zero-order chi connectivity index (χ0) is 11.7. The van der Waals surface area contributed by atoms with Crippen molar-refractivity contribution in [3.63, 3.8) is 0 Å². The van der Waals surface area contributed by atoms with E-state index in [2.05, 4.69) is 24.3 Å². The second-order valence-electron chi connectivity index (χ2n) is 4.28. The van der Waals surface area contributed by atoms with Gasteiger partial charge in [-0.1, -0.05) is 36.4 Å². The molecule has 2 nitrogen and oxygen atoms in total. The third-order valence-corrected chi connectivity index (χ3v) is 3.14. The zero-order valence-electron chi connectivity index (χ0n) is 9.65. The lowest BCUT2D eigenvalue weighted by molar-refractivity contribution is 0.660. The molecular weight excluding hydrogens is 210 g/mol. The molecule has 0 amide bonds. The molecule has 0 radical (unpaired) electrons. The molecule has 2 aromatic carbocycles. The number of nitrogens with two attached hydrogens (primary N) is 1. The van der Waals surface area contributed by atoms with Crippen molar-refractivity contribution in [3.05, 3.63) is 48.0 Å². The first-order valence-corrected chi connectivity index (χ1v) is 5.99. The van der Waals surface area contributed by atoms with Crippen LogP contribution in [0.25, 0.3) is 21.9 Å². The zero-order valence-corrected chi connectivity index (χ0v) is 9.65. The minimum Gasteiger partial charge on any atom is -0.456 e. The number of hydrogen-bond donors (Lipinski definition) is 1. The summed E-state index contributed by atoms with van der Waals surface area (Å²) in [5.74, 6) is 0. The van der Waals surface area contributed by atoms with Crippen molar-refractivity contribution >= 4 is 21.9 Å². The van der Waals surface area contributed by atoms with Gasteiger partial charge in [0.1, 0.15) is 11.2 Å². The van der Waals surface area contributed by atoms with Gasteiger partial charge in [-0.15, -0.1) is 0 Å². The molecule has 1 heterocycles. The smallest absolute Gasteiger partial charge is 0.138 e. The summed E-state index contributed by atoms with van der Waals surface area (Å²) >= 11 is 0. The number of aryl methyl sites for hydroxylation is 1. The van der Waals surface area contributed by atoms with Crippen LogP contribution >= 0.6 is 0 Å². The predicted molar refractivity (Wildman–Crippen MR) is 71.1 cm³/mol. The van der Waals surface area contributed by atoms with Crippen molar-refractivity contribution in [2.45, 2.75) is 12.8 Å². The van der Waals surface area contributed by atoms with Gasteiger partial charge >= 0.3 is 0 Å². The molecule has 3 aromatic rings. The number of para-hydroxylation sites is 2. The fourth-order valence-electron chi connectivity index (χ4n) is 2.29. The highest BCUT2D eigenvalue weighted by atomic mass is 16.3. The largest absolute Gasteiger partial charge is 0.456 e. The Kier molecular flexibility index (Phi) is 2.57. The lowest BCUT2D eigenvalue weighted by Gasteiger charge is -2.00. The predicted octanol–water partition coefficient (Wildman–Crippen LogP) is 3.48. The summed E-state index contributed by atoms with van der Waals surface area (Å²) < 4.78 is 5.94. The molecule has 0 unspecified atom stereocenters. The Morgan fingerprint density at radius 3 is 2.65 bits per heavy atom. The number of furan rings is 1. The highest BCUT2D eigenvalue weighted by Crippen LogP contribution is 2.30. The highest BCUT2D eigenvalue weighted by molar-refractivity contribution is 6.05. The topological polar surface area (TPSA) is 39.2 Å². The Bertz CT molecular complexity index is 654. The molecule has 0 aliphatic carbocycles. The van der Waals surface area contributed by atoms with Crippen molar-refractivity contribution in [1.82, 2.24) is 0 Å². The maximum Gasteiger partial charge on any atom is 0.138 e. The van der Waals surface area contributed by atoms with E-state index in [4.69, 9.17) is 10.2 Å². The van der Waals surface area contributed by atoms with Crippen LogP contribution in [0.1, 0.15) is 12.0 Å². The van der Waals surface area contributed by atoms with E-state index < -0.39 is 0 Å². The van der Waals surface area contributed by atoms with Crippen LogP contribution < -0.4 is 5.73 Å². The maximum atomic E-state index is 5.94. The summed E-state index contributed by atoms with van der Waals surface area (Å²) in [5, 5.41) is 2.40. The molecule has 0 saturated heterocycles. The molecule has 2 heteroatoms. The summed E-state index contributed by atoms with van der Waals surface area (Å²) in [6, 6.07) is 14.5. The minimum atomic E-state index is 0.719. The van der Waals surface area contributed by atoms with Crippen molar-refractivity contribution in [3.8, 4) is 0 Å². The van der Waals surface area contributed by atoms with Crippen molar-refractivity contribution < 1.29 is 4.42 Å². The molecule has 0 atom stereocenters. The second kappa shape index (κ2) is 4.22. The Morgan fingerprint density at radius 1 is 0.941 bits per heavy atom. The summed E-state index contributed by atoms with van der Waals surface area (Å²) in [4.78, 5) is 0. The van der Waals surface area contributed by atoms with E-state index in [1.54, 1.807) is 0 Å². The number of rotatable bonds is 3. The van der Waals surface area contributed by atoms with E-state index in [0.717, 1.165) is 30.6 Å². The summed E-state index contributed by atoms with van der Waals surface area (Å²) in [6.07, 6.45) is 1.98. The van der Waals surface area contributed by atoms with Gasteiger partial charge in [0.15, 0.2) is 0 Å². The van der Waals surface area contributed by atoms with Crippen LogP contribution in [0.15, 0.2) is 46.9 Å². The van der Waals surface area contributed by atoms with E-state index in [0.29, 0.717) is 0 Å². The highest BCUT2D eigenvalue weighted by Gasteiger charge is 2.09. The van der Waals surface area contributed by atoms with Gasteiger partial charge in [0.05, 0.1) is 0 Å². The molecule has 0 fully saturated rings. The summed E-state index contributed by atoms with van der Waals surface area (Å²) in [6.45, 7) is 0.719. The molecule has 3 rings (SSSR count). The van der Waals surface area contributed by atoms with Crippen LogP contribution in [0.2, 0.25) is 0 Å². The first-order chi connectivity index (χ1) is 8.40. The molecule has 2 N–H and O–H groups in total. The van der Waals surface area contributed by atoms with Crippen LogP contribution in [0.3, 0.4) is 0 Å². The fourth-order valence-corrected chi connectivity index (χ4v) is 2.29. The fraction of sp³-hybridized carbons (Fsp3) is 0.200. The van der Waals surface area contributed by atoms with E-state index in [1.807, 2.05) is 18.2 Å². The standard InChI is InChI=1S/C15H15NO/c16-10-4-6-11-5-3-8-13-12-7-1-2-9-14(12)17-15(11)13/h1-3,5,7-9H,4,6,10,16H2. The molecule has 17 heavy (non-hydrogen) atoms. The van der Waals surface area contributed by atoms with Gasteiger partial charge in [0, 0.05) is 10.8 Å². The Hall–Kier alpha value is -1.80. The number of benzene rings is 2. The normalized spacial score (nSPS) is 11.4. The Labute approximate surface area is 100 Å². The van der Waals surface area contributed by atoms with E-state index >= 15 is 0 Å². The average Bonchev–Trinajstić information content (AvgIpc) is 2.75. The van der Waals surface area contributed by atoms with Crippen LogP contribution in [-0.2, 0) is 6.42 Å². The first kappa shape index (κ1) is 10.4. The van der Waals surface area contributed by atoms with Gasteiger partial charge in [0.2, 0.25) is 0 Å². The molecule has 0 saturated carbocycles. The van der Waals surface area contributed by atoms with Crippen LogP contribution in [-0.4, -0.2) is 6.54 Å². The van der Waals surface area contributed by atoms with Crippen molar-refractivity contribution in [2.24, 2.45) is 5.73 Å². The molecule has 0 aliphatic heterocycles. The third kappa shape index (κ3) is 1.71. The Balaban J connectivity index is 2.24. The average molecular weight is 225 g/mol. The Morgan fingerprint density at radius 2 is 1.76 bits per heavy atom. The van der Waals surface area contributed by atoms with Gasteiger partial charge in [0.25, 0.3) is 0 Å². The maximum absolute atomic E-state index is 5.94. The molecule has 0 bridgehead atoms. The molecule has 86 valence electrons. The van der Waals surface area contributed by atoms with Gasteiger partial charge in [-0.05, 0) is 31.0 Å². The third-order valence-electron chi connectivity index (χ3n) is 3.14. The summed E-state index contributed by atoms with van der Waals surface area (Å²) in [5.41, 5.74) is 8.80. The van der Waals surface area contributed by atoms with E-state index in [1.165, 1.54) is 16.3 Å². The lowest BCUT2D eigenvalue weighted by Crippen LogP contribution is -2.00. The quantitative estimate of drug-likeness (QED) is 0.741. The molecule has 0 spiro atoms. The summed E-state index contributed by atoms with van der Waals surface area (Å²) in [7, 11) is 0. The van der Waals surface area contributed by atoms with Crippen molar-refractivity contribution in [2.75, 3.05) is 6.54 Å². The van der Waals surface area contributed by atoms with E-state index in [9.17, 15) is 0 Å². The van der Waals surface area contributed by atoms with Crippen LogP contribution in [0.4, 0.5) is 0 Å². The minimum absolute atomic E-state index is 0.719. The number of fused-ring (bicyclic) bond motifs is 3. The van der Waals surface area contributed by atoms with Crippen LogP contribution in [0, 0.1) is 0 Å². The van der Waals surface area contributed by atoms with Crippen LogP contribution in [0.5, 0.6) is 0 Å². The molecule has 1 aromatic heterocycles.